The lowest BCUT2D eigenvalue weighted by molar-refractivity contribution is 0.0523. The maximum absolute atomic E-state index is 11.6. The summed E-state index contributed by atoms with van der Waals surface area (Å²) in [5, 5.41) is 6.13. The van der Waals surface area contributed by atoms with Gasteiger partial charge in [-0.15, -0.1) is 0 Å². The van der Waals surface area contributed by atoms with Crippen molar-refractivity contribution in [3.8, 4) is 0 Å². The van der Waals surface area contributed by atoms with E-state index < -0.39 is 11.7 Å². The zero-order chi connectivity index (χ0) is 17.0. The molecule has 0 saturated heterocycles. The second-order valence-corrected chi connectivity index (χ2v) is 6.74. The standard InChI is InChI=1S/C17H26N4O2/c1-12(10-19-16(22)23-17(2,3)4)18-11-15-20-13-8-6-7-9-14(13)21(15)5/h6-9,12,18H,10-11H2,1-5H3,(H,19,22). The maximum Gasteiger partial charge on any atom is 0.407 e. The molecular weight excluding hydrogens is 292 g/mol. The van der Waals surface area contributed by atoms with E-state index in [0.717, 1.165) is 16.9 Å². The first-order valence-corrected chi connectivity index (χ1v) is 7.87. The summed E-state index contributed by atoms with van der Waals surface area (Å²) < 4.78 is 7.30. The van der Waals surface area contributed by atoms with Gasteiger partial charge in [0.05, 0.1) is 17.6 Å². The molecule has 0 aliphatic carbocycles. The Balaban J connectivity index is 1.83. The van der Waals surface area contributed by atoms with Crippen LogP contribution in [0.15, 0.2) is 24.3 Å². The molecule has 0 bridgehead atoms. The third-order valence-corrected chi connectivity index (χ3v) is 3.44. The Bertz CT molecular complexity index is 673. The third kappa shape index (κ3) is 4.96. The largest absolute Gasteiger partial charge is 0.444 e. The van der Waals surface area contributed by atoms with Crippen LogP contribution in [0.1, 0.15) is 33.5 Å². The number of alkyl carbamates (subject to hydrolysis) is 1. The molecule has 1 atom stereocenters. The van der Waals surface area contributed by atoms with Crippen LogP contribution in [-0.4, -0.2) is 33.8 Å². The number of amides is 1. The first-order valence-electron chi connectivity index (χ1n) is 7.87. The van der Waals surface area contributed by atoms with E-state index >= 15 is 0 Å². The van der Waals surface area contributed by atoms with Crippen LogP contribution < -0.4 is 10.6 Å². The van der Waals surface area contributed by atoms with E-state index in [0.29, 0.717) is 13.1 Å². The number of nitrogens with zero attached hydrogens (tertiary/aromatic N) is 2. The number of aryl methyl sites for hydroxylation is 1. The molecule has 2 aromatic rings. The van der Waals surface area contributed by atoms with Gasteiger partial charge in [0.25, 0.3) is 0 Å². The average Bonchev–Trinajstić information content (AvgIpc) is 2.78. The Morgan fingerprint density at radius 1 is 1.35 bits per heavy atom. The molecule has 1 amide bonds. The predicted molar refractivity (Wildman–Crippen MR) is 91.3 cm³/mol. The monoisotopic (exact) mass is 318 g/mol. The van der Waals surface area contributed by atoms with E-state index in [1.54, 1.807) is 0 Å². The number of nitrogens with one attached hydrogen (secondary N) is 2. The molecule has 0 aliphatic heterocycles. The van der Waals surface area contributed by atoms with Gasteiger partial charge in [-0.05, 0) is 39.8 Å². The molecule has 1 heterocycles. The van der Waals surface area contributed by atoms with Crippen molar-refractivity contribution in [3.05, 3.63) is 30.1 Å². The van der Waals surface area contributed by atoms with Crippen molar-refractivity contribution in [2.24, 2.45) is 7.05 Å². The summed E-state index contributed by atoms with van der Waals surface area (Å²) in [6.07, 6.45) is -0.395. The number of imidazole rings is 1. The van der Waals surface area contributed by atoms with Crippen LogP contribution in [-0.2, 0) is 18.3 Å². The molecule has 2 rings (SSSR count). The number of rotatable bonds is 5. The molecule has 0 saturated carbocycles. The fourth-order valence-electron chi connectivity index (χ4n) is 2.24. The Kier molecular flexibility index (Phi) is 5.26. The van der Waals surface area contributed by atoms with Crippen LogP contribution in [0.2, 0.25) is 0 Å². The SMILES string of the molecule is CC(CNC(=O)OC(C)(C)C)NCc1nc2ccccc2n1C. The van der Waals surface area contributed by atoms with Gasteiger partial charge in [-0.25, -0.2) is 9.78 Å². The molecule has 0 spiro atoms. The van der Waals surface area contributed by atoms with E-state index in [4.69, 9.17) is 4.74 Å². The highest BCUT2D eigenvalue weighted by Crippen LogP contribution is 2.14. The van der Waals surface area contributed by atoms with Gasteiger partial charge in [0.15, 0.2) is 0 Å². The zero-order valence-corrected chi connectivity index (χ0v) is 14.5. The minimum Gasteiger partial charge on any atom is -0.444 e. The minimum absolute atomic E-state index is 0.113. The molecule has 6 nitrogen and oxygen atoms in total. The Morgan fingerprint density at radius 3 is 2.70 bits per heavy atom. The Labute approximate surface area is 137 Å². The number of fused-ring (bicyclic) bond motifs is 1. The number of hydrogen-bond acceptors (Lipinski definition) is 4. The van der Waals surface area contributed by atoms with Gasteiger partial charge >= 0.3 is 6.09 Å². The van der Waals surface area contributed by atoms with Gasteiger partial charge in [-0.2, -0.15) is 0 Å². The first kappa shape index (κ1) is 17.3. The van der Waals surface area contributed by atoms with Gasteiger partial charge in [0.1, 0.15) is 11.4 Å². The Morgan fingerprint density at radius 2 is 2.04 bits per heavy atom. The predicted octanol–water partition coefficient (Wildman–Crippen LogP) is 2.58. The normalized spacial score (nSPS) is 13.1. The van der Waals surface area contributed by atoms with Gasteiger partial charge in [0.2, 0.25) is 0 Å². The maximum atomic E-state index is 11.6. The summed E-state index contributed by atoms with van der Waals surface area (Å²) in [5.41, 5.74) is 1.63. The molecule has 1 aromatic heterocycles. The van der Waals surface area contributed by atoms with E-state index in [9.17, 15) is 4.79 Å². The van der Waals surface area contributed by atoms with E-state index in [2.05, 4.69) is 26.3 Å². The van der Waals surface area contributed by atoms with Crippen LogP contribution >= 0.6 is 0 Å². The molecule has 1 unspecified atom stereocenters. The number of carbonyl (C=O) groups is 1. The lowest BCUT2D eigenvalue weighted by Gasteiger charge is -2.21. The quantitative estimate of drug-likeness (QED) is 0.889. The molecule has 126 valence electrons. The highest BCUT2D eigenvalue weighted by atomic mass is 16.6. The molecule has 23 heavy (non-hydrogen) atoms. The summed E-state index contributed by atoms with van der Waals surface area (Å²) in [4.78, 5) is 16.2. The van der Waals surface area contributed by atoms with Crippen LogP contribution in [0.5, 0.6) is 0 Å². The van der Waals surface area contributed by atoms with Crippen molar-refractivity contribution in [1.29, 1.82) is 0 Å². The first-order chi connectivity index (χ1) is 10.8. The molecule has 0 fully saturated rings. The molecule has 0 aliphatic rings. The van der Waals surface area contributed by atoms with E-state index in [1.807, 2.05) is 52.9 Å². The van der Waals surface area contributed by atoms with Crippen molar-refractivity contribution >= 4 is 17.1 Å². The lowest BCUT2D eigenvalue weighted by atomic mass is 10.2. The van der Waals surface area contributed by atoms with Gasteiger partial charge in [0, 0.05) is 19.6 Å². The number of aromatic nitrogens is 2. The van der Waals surface area contributed by atoms with Crippen molar-refractivity contribution < 1.29 is 9.53 Å². The summed E-state index contributed by atoms with van der Waals surface area (Å²) >= 11 is 0. The summed E-state index contributed by atoms with van der Waals surface area (Å²) in [5.74, 6) is 0.968. The second-order valence-electron chi connectivity index (χ2n) is 6.74. The number of para-hydroxylation sites is 2. The van der Waals surface area contributed by atoms with Crippen LogP contribution in [0.4, 0.5) is 4.79 Å². The highest BCUT2D eigenvalue weighted by Gasteiger charge is 2.16. The van der Waals surface area contributed by atoms with Crippen LogP contribution in [0, 0.1) is 0 Å². The average molecular weight is 318 g/mol. The fourth-order valence-corrected chi connectivity index (χ4v) is 2.24. The summed E-state index contributed by atoms with van der Waals surface area (Å²) in [6.45, 7) is 8.70. The number of hydrogen-bond donors (Lipinski definition) is 2. The fraction of sp³-hybridized carbons (Fsp3) is 0.529. The topological polar surface area (TPSA) is 68.2 Å². The second kappa shape index (κ2) is 7.00. The van der Waals surface area contributed by atoms with Crippen molar-refractivity contribution in [2.45, 2.75) is 45.9 Å². The third-order valence-electron chi connectivity index (χ3n) is 3.44. The number of benzene rings is 1. The number of ether oxygens (including phenoxy) is 1. The summed E-state index contributed by atoms with van der Waals surface area (Å²) in [6, 6.07) is 8.17. The zero-order valence-electron chi connectivity index (χ0n) is 14.5. The van der Waals surface area contributed by atoms with Crippen molar-refractivity contribution in [2.75, 3.05) is 6.54 Å². The highest BCUT2D eigenvalue weighted by molar-refractivity contribution is 5.75. The van der Waals surface area contributed by atoms with Gasteiger partial charge in [-0.3, -0.25) is 0 Å². The summed E-state index contributed by atoms with van der Waals surface area (Å²) in [7, 11) is 2.01. The van der Waals surface area contributed by atoms with Crippen molar-refractivity contribution in [1.82, 2.24) is 20.2 Å². The molecule has 2 N–H and O–H groups in total. The van der Waals surface area contributed by atoms with Gasteiger partial charge < -0.3 is 19.9 Å². The number of carbonyl (C=O) groups excluding carboxylic acids is 1. The molecule has 1 aromatic carbocycles. The molecule has 6 heteroatoms. The molecular formula is C17H26N4O2. The van der Waals surface area contributed by atoms with E-state index in [-0.39, 0.29) is 6.04 Å². The molecule has 0 radical (unpaired) electrons. The lowest BCUT2D eigenvalue weighted by Crippen LogP contribution is -2.41. The van der Waals surface area contributed by atoms with Gasteiger partial charge in [-0.1, -0.05) is 12.1 Å². The van der Waals surface area contributed by atoms with E-state index in [1.165, 1.54) is 0 Å². The van der Waals surface area contributed by atoms with Crippen LogP contribution in [0.25, 0.3) is 11.0 Å². The van der Waals surface area contributed by atoms with Crippen molar-refractivity contribution in [3.63, 3.8) is 0 Å². The minimum atomic E-state index is -0.478. The van der Waals surface area contributed by atoms with Crippen LogP contribution in [0.3, 0.4) is 0 Å². The smallest absolute Gasteiger partial charge is 0.407 e. The Hall–Kier alpha value is -2.08.